The van der Waals surface area contributed by atoms with Crippen molar-refractivity contribution in [3.05, 3.63) is 35.9 Å². The molecule has 1 aliphatic rings. The first-order valence-electron chi connectivity index (χ1n) is 9.30. The average Bonchev–Trinajstić information content (AvgIpc) is 2.46. The van der Waals surface area contributed by atoms with Crippen molar-refractivity contribution in [2.24, 2.45) is 4.99 Å². The molecule has 0 amide bonds. The van der Waals surface area contributed by atoms with Crippen LogP contribution in [0, 0.1) is 0 Å². The van der Waals surface area contributed by atoms with Crippen LogP contribution in [0.2, 0.25) is 0 Å². The van der Waals surface area contributed by atoms with Gasteiger partial charge in [0.15, 0.2) is 0 Å². The zero-order valence-corrected chi connectivity index (χ0v) is 7.54. The van der Waals surface area contributed by atoms with Gasteiger partial charge in [-0.05, 0) is 31.1 Å². The predicted molar refractivity (Wildman–Crippen MR) is 60.7 cm³/mol. The van der Waals surface area contributed by atoms with Gasteiger partial charge in [0.2, 0.25) is 0 Å². The van der Waals surface area contributed by atoms with Crippen LogP contribution in [0.15, 0.2) is 35.3 Å². The number of nitrogens with zero attached hydrogens (tertiary/aromatic N) is 1. The summed E-state index contributed by atoms with van der Waals surface area (Å²) in [6, 6.07) is 8.50. The second-order valence-electron chi connectivity index (χ2n) is 2.78. The molecular formula is C13H17N. The van der Waals surface area contributed by atoms with Gasteiger partial charge in [-0.15, -0.1) is 0 Å². The molecule has 1 nitrogen and oxygen atoms in total. The van der Waals surface area contributed by atoms with Crippen LogP contribution in [0.25, 0.3) is 0 Å². The van der Waals surface area contributed by atoms with Gasteiger partial charge in [-0.25, -0.2) is 0 Å². The molecule has 1 saturated carbocycles. The molecule has 0 spiro atoms. The van der Waals surface area contributed by atoms with Gasteiger partial charge < -0.3 is 0 Å². The minimum Gasteiger partial charge on any atom is -0.289 e. The van der Waals surface area contributed by atoms with E-state index in [2.05, 4.69) is 4.99 Å². The third-order valence-electron chi connectivity index (χ3n) is 1.75. The van der Waals surface area contributed by atoms with Crippen molar-refractivity contribution in [3.63, 3.8) is 0 Å². The predicted octanol–water partition coefficient (Wildman–Crippen LogP) is 3.59. The van der Waals surface area contributed by atoms with E-state index in [0.717, 1.165) is 0 Å². The molecule has 0 bridgehead atoms. The molecule has 14 heavy (non-hydrogen) atoms. The lowest BCUT2D eigenvalue weighted by atomic mass is 9.98. The van der Waals surface area contributed by atoms with E-state index in [4.69, 9.17) is 13.7 Å². The normalized spacial score (nSPS) is 45.3. The molecule has 0 radical (unpaired) electrons. The van der Waals surface area contributed by atoms with Gasteiger partial charge in [0, 0.05) is 19.4 Å². The lowest BCUT2D eigenvalue weighted by molar-refractivity contribution is 0.663. The summed E-state index contributed by atoms with van der Waals surface area (Å²) in [5.74, 6) is 0. The maximum Gasteiger partial charge on any atom is 0.0639 e. The summed E-state index contributed by atoms with van der Waals surface area (Å²) in [5, 5.41) is 0. The summed E-state index contributed by atoms with van der Waals surface area (Å²) >= 11 is 0. The van der Waals surface area contributed by atoms with Gasteiger partial charge in [-0.1, -0.05) is 36.7 Å². The molecule has 0 saturated heterocycles. The number of rotatable bonds is 2. The van der Waals surface area contributed by atoms with Gasteiger partial charge in [0.25, 0.3) is 0 Å². The number of benzene rings is 1. The van der Waals surface area contributed by atoms with Crippen LogP contribution in [0.1, 0.15) is 51.1 Å². The lowest BCUT2D eigenvalue weighted by Gasteiger charge is -2.12. The van der Waals surface area contributed by atoms with Crippen LogP contribution in [0.5, 0.6) is 0 Å². The molecule has 0 aromatic heterocycles. The van der Waals surface area contributed by atoms with Crippen LogP contribution in [0.3, 0.4) is 0 Å². The summed E-state index contributed by atoms with van der Waals surface area (Å²) < 4.78 is 78.5. The molecule has 1 heteroatoms. The highest BCUT2D eigenvalue weighted by Gasteiger charge is 2.05. The summed E-state index contributed by atoms with van der Waals surface area (Å²) in [6.45, 7) is -0.162. The molecule has 0 aliphatic heterocycles. The zero-order chi connectivity index (χ0) is 18.6. The summed E-state index contributed by atoms with van der Waals surface area (Å²) in [4.78, 5) is 3.84. The standard InChI is InChI=1S/C13H17N/c1-3-7-12(8-4-1)11-14-13-9-5-2-6-10-13/h1,3-4,7-8H,2,5-6,9-11H2/i2D2,5D2,6D2,9D2,10D2. The topological polar surface area (TPSA) is 12.4 Å². The summed E-state index contributed by atoms with van der Waals surface area (Å²) in [5.41, 5.74) is -0.338. The van der Waals surface area contributed by atoms with E-state index < -0.39 is 37.6 Å². The Balaban J connectivity index is 2.61. The van der Waals surface area contributed by atoms with Gasteiger partial charge in [0.05, 0.1) is 6.54 Å². The van der Waals surface area contributed by atoms with Crippen LogP contribution >= 0.6 is 0 Å². The first kappa shape index (κ1) is 3.19. The van der Waals surface area contributed by atoms with E-state index in [-0.39, 0.29) is 6.54 Å². The smallest absolute Gasteiger partial charge is 0.0639 e. The van der Waals surface area contributed by atoms with Gasteiger partial charge in [-0.3, -0.25) is 4.99 Å². The quantitative estimate of drug-likeness (QED) is 0.687. The molecule has 1 aromatic carbocycles. The maximum absolute atomic E-state index is 7.95. The highest BCUT2D eigenvalue weighted by Crippen LogP contribution is 2.15. The monoisotopic (exact) mass is 197 g/mol. The van der Waals surface area contributed by atoms with E-state index in [1.165, 1.54) is 0 Å². The Bertz CT molecular complexity index is 618. The Hall–Kier alpha value is -1.11. The molecule has 2 rings (SSSR count). The lowest BCUT2D eigenvalue weighted by Crippen LogP contribution is -2.04. The van der Waals surface area contributed by atoms with E-state index >= 15 is 0 Å². The Kier molecular flexibility index (Phi) is 1.13. The van der Waals surface area contributed by atoms with Crippen molar-refractivity contribution in [1.29, 1.82) is 0 Å². The van der Waals surface area contributed by atoms with E-state index in [0.29, 0.717) is 5.56 Å². The second kappa shape index (κ2) is 4.94. The minimum absolute atomic E-state index is 0.162. The van der Waals surface area contributed by atoms with Crippen molar-refractivity contribution in [3.8, 4) is 0 Å². The first-order valence-corrected chi connectivity index (χ1v) is 4.30. The molecule has 0 N–H and O–H groups in total. The van der Waals surface area contributed by atoms with E-state index in [9.17, 15) is 0 Å². The molecule has 0 atom stereocenters. The Labute approximate surface area is 99.9 Å². The molecule has 0 heterocycles. The highest BCUT2D eigenvalue weighted by atomic mass is 14.7. The molecular weight excluding hydrogens is 170 g/mol. The van der Waals surface area contributed by atoms with Gasteiger partial charge >= 0.3 is 0 Å². The molecule has 74 valence electrons. The van der Waals surface area contributed by atoms with Crippen molar-refractivity contribution in [2.45, 2.75) is 38.4 Å². The third kappa shape index (κ3) is 2.69. The number of hydrogen-bond acceptors (Lipinski definition) is 1. The van der Waals surface area contributed by atoms with Crippen molar-refractivity contribution in [2.75, 3.05) is 0 Å². The Morgan fingerprint density at radius 2 is 1.79 bits per heavy atom. The number of hydrogen-bond donors (Lipinski definition) is 0. The van der Waals surface area contributed by atoms with Gasteiger partial charge in [0.1, 0.15) is 0 Å². The largest absolute Gasteiger partial charge is 0.289 e. The highest BCUT2D eigenvalue weighted by molar-refractivity contribution is 5.84. The summed E-state index contributed by atoms with van der Waals surface area (Å²) in [6.07, 6.45) is -16.2. The minimum atomic E-state index is -3.39. The van der Waals surface area contributed by atoms with Crippen molar-refractivity contribution in [1.82, 2.24) is 0 Å². The molecule has 0 unspecified atom stereocenters. The first-order chi connectivity index (χ1) is 10.7. The SMILES string of the molecule is [2H]C1([2H])C(=NCc2ccccc2)C([2H])([2H])C([2H])([2H])C([2H])([2H])C1([2H])[2H]. The Morgan fingerprint density at radius 3 is 2.50 bits per heavy atom. The van der Waals surface area contributed by atoms with Crippen LogP contribution in [-0.4, -0.2) is 5.71 Å². The maximum atomic E-state index is 7.95. The van der Waals surface area contributed by atoms with Crippen LogP contribution in [0.4, 0.5) is 0 Å². The van der Waals surface area contributed by atoms with Crippen LogP contribution in [-0.2, 0) is 6.54 Å². The van der Waals surface area contributed by atoms with Gasteiger partial charge in [-0.2, -0.15) is 0 Å². The second-order valence-corrected chi connectivity index (χ2v) is 2.78. The van der Waals surface area contributed by atoms with E-state index in [1.54, 1.807) is 30.3 Å². The number of aliphatic imine (C=N–C) groups is 1. The molecule has 1 aliphatic carbocycles. The average molecular weight is 197 g/mol. The Morgan fingerprint density at radius 1 is 1.07 bits per heavy atom. The van der Waals surface area contributed by atoms with Crippen molar-refractivity contribution >= 4 is 5.71 Å². The zero-order valence-electron chi connectivity index (χ0n) is 17.5. The fourth-order valence-corrected chi connectivity index (χ4v) is 1.08. The fraction of sp³-hybridized carbons (Fsp3) is 0.462. The fourth-order valence-electron chi connectivity index (χ4n) is 1.08. The van der Waals surface area contributed by atoms with E-state index in [1.807, 2.05) is 0 Å². The van der Waals surface area contributed by atoms with Crippen molar-refractivity contribution < 1.29 is 13.7 Å². The molecule has 1 fully saturated rings. The van der Waals surface area contributed by atoms with Crippen LogP contribution < -0.4 is 0 Å². The third-order valence-corrected chi connectivity index (χ3v) is 1.75. The molecule has 1 aromatic rings. The summed E-state index contributed by atoms with van der Waals surface area (Å²) in [7, 11) is 0.